The van der Waals surface area contributed by atoms with Gasteiger partial charge in [0.25, 0.3) is 10.1 Å². The van der Waals surface area contributed by atoms with Crippen LogP contribution in [0.25, 0.3) is 10.8 Å². The lowest BCUT2D eigenvalue weighted by molar-refractivity contribution is 0.0697. The minimum absolute atomic E-state index is 0.0218. The van der Waals surface area contributed by atoms with Gasteiger partial charge in [-0.1, -0.05) is 12.1 Å². The molecule has 2 aromatic carbocycles. The zero-order valence-electron chi connectivity index (χ0n) is 8.99. The van der Waals surface area contributed by atoms with E-state index >= 15 is 0 Å². The molecule has 0 unspecified atom stereocenters. The topological polar surface area (TPSA) is 118 Å². The number of nitrogens with two attached hydrogens (primary N) is 1. The highest BCUT2D eigenvalue weighted by molar-refractivity contribution is 7.86. The Morgan fingerprint density at radius 3 is 2.39 bits per heavy atom. The van der Waals surface area contributed by atoms with Gasteiger partial charge in [0.05, 0.1) is 11.3 Å². The first-order valence-corrected chi connectivity index (χ1v) is 6.28. The van der Waals surface area contributed by atoms with Gasteiger partial charge in [0.15, 0.2) is 0 Å². The van der Waals surface area contributed by atoms with Gasteiger partial charge < -0.3 is 10.8 Å². The molecule has 0 heterocycles. The predicted molar refractivity (Wildman–Crippen MR) is 65.1 cm³/mol. The third-order valence-corrected chi connectivity index (χ3v) is 3.48. The number of aromatic carboxylic acids is 1. The summed E-state index contributed by atoms with van der Waals surface area (Å²) in [6, 6.07) is 6.66. The normalized spacial score (nSPS) is 11.6. The molecule has 4 N–H and O–H groups in total. The second-order valence-corrected chi connectivity index (χ2v) is 5.06. The Hall–Kier alpha value is -2.12. The van der Waals surface area contributed by atoms with Crippen molar-refractivity contribution < 1.29 is 22.9 Å². The number of hydrogen-bond donors (Lipinski definition) is 3. The van der Waals surface area contributed by atoms with E-state index in [-0.39, 0.29) is 16.6 Å². The maximum atomic E-state index is 11.2. The maximum Gasteiger partial charge on any atom is 0.335 e. The van der Waals surface area contributed by atoms with Gasteiger partial charge in [-0.3, -0.25) is 4.55 Å². The van der Waals surface area contributed by atoms with Gasteiger partial charge in [0.1, 0.15) is 4.90 Å². The molecule has 0 saturated carbocycles. The number of hydrogen-bond acceptors (Lipinski definition) is 4. The molecule has 0 atom stereocenters. The Kier molecular flexibility index (Phi) is 2.72. The fraction of sp³-hybridized carbons (Fsp3) is 0. The molecule has 7 heteroatoms. The number of carboxylic acid groups (broad SMARTS) is 1. The van der Waals surface area contributed by atoms with Crippen molar-refractivity contribution in [1.29, 1.82) is 0 Å². The van der Waals surface area contributed by atoms with Gasteiger partial charge in [-0.05, 0) is 23.6 Å². The Morgan fingerprint density at radius 2 is 1.83 bits per heavy atom. The molecule has 0 radical (unpaired) electrons. The Balaban J connectivity index is 2.88. The fourth-order valence-electron chi connectivity index (χ4n) is 1.74. The molecule has 6 nitrogen and oxygen atoms in total. The van der Waals surface area contributed by atoms with E-state index in [4.69, 9.17) is 15.4 Å². The lowest BCUT2D eigenvalue weighted by Crippen LogP contribution is -2.04. The summed E-state index contributed by atoms with van der Waals surface area (Å²) in [6.07, 6.45) is 0. The Bertz CT molecular complexity index is 751. The summed E-state index contributed by atoms with van der Waals surface area (Å²) >= 11 is 0. The monoisotopic (exact) mass is 267 g/mol. The van der Waals surface area contributed by atoms with Crippen molar-refractivity contribution in [2.24, 2.45) is 0 Å². The summed E-state index contributed by atoms with van der Waals surface area (Å²) in [5.41, 5.74) is 5.45. The van der Waals surface area contributed by atoms with Gasteiger partial charge in [-0.25, -0.2) is 4.79 Å². The first-order chi connectivity index (χ1) is 8.30. The summed E-state index contributed by atoms with van der Waals surface area (Å²) in [7, 11) is -4.47. The number of carbonyl (C=O) groups is 1. The van der Waals surface area contributed by atoms with Crippen LogP contribution in [0.1, 0.15) is 10.4 Å². The zero-order chi connectivity index (χ0) is 13.5. The van der Waals surface area contributed by atoms with Crippen molar-refractivity contribution in [3.8, 4) is 0 Å². The van der Waals surface area contributed by atoms with Crippen LogP contribution < -0.4 is 5.73 Å². The van der Waals surface area contributed by atoms with E-state index in [1.54, 1.807) is 0 Å². The molecule has 0 aromatic heterocycles. The van der Waals surface area contributed by atoms with Crippen LogP contribution in [0.15, 0.2) is 35.2 Å². The molecule has 94 valence electrons. The number of nitrogen functional groups attached to an aromatic ring is 1. The molecule has 0 aliphatic carbocycles. The molecule has 2 aromatic rings. The van der Waals surface area contributed by atoms with E-state index in [9.17, 15) is 13.2 Å². The predicted octanol–water partition coefficient (Wildman–Crippen LogP) is 1.37. The van der Waals surface area contributed by atoms with Gasteiger partial charge >= 0.3 is 5.97 Å². The van der Waals surface area contributed by atoms with Gasteiger partial charge in [-0.2, -0.15) is 8.42 Å². The average molecular weight is 267 g/mol. The fourth-order valence-corrected chi connectivity index (χ4v) is 2.57. The number of anilines is 1. The van der Waals surface area contributed by atoms with E-state index in [2.05, 4.69) is 0 Å². The molecule has 0 bridgehead atoms. The second-order valence-electron chi connectivity index (χ2n) is 3.70. The van der Waals surface area contributed by atoms with Crippen molar-refractivity contribution in [3.63, 3.8) is 0 Å². The van der Waals surface area contributed by atoms with Crippen molar-refractivity contribution in [2.45, 2.75) is 4.90 Å². The quantitative estimate of drug-likeness (QED) is 0.558. The summed E-state index contributed by atoms with van der Waals surface area (Å²) in [4.78, 5) is 10.4. The molecule has 0 fully saturated rings. The van der Waals surface area contributed by atoms with E-state index < -0.39 is 21.0 Å². The lowest BCUT2D eigenvalue weighted by atomic mass is 10.1. The van der Waals surface area contributed by atoms with Crippen LogP contribution in [-0.4, -0.2) is 24.0 Å². The number of rotatable bonds is 2. The third kappa shape index (κ3) is 2.01. The van der Waals surface area contributed by atoms with Crippen molar-refractivity contribution >= 4 is 32.5 Å². The first-order valence-electron chi connectivity index (χ1n) is 4.84. The van der Waals surface area contributed by atoms with Gasteiger partial charge in [0.2, 0.25) is 0 Å². The number of benzene rings is 2. The van der Waals surface area contributed by atoms with Gasteiger partial charge in [0, 0.05) is 5.39 Å². The summed E-state index contributed by atoms with van der Waals surface area (Å²) in [5.74, 6) is -1.12. The molecule has 0 aliphatic heterocycles. The first kappa shape index (κ1) is 12.3. The van der Waals surface area contributed by atoms with Crippen LogP contribution >= 0.6 is 0 Å². The van der Waals surface area contributed by atoms with Crippen molar-refractivity contribution in [3.05, 3.63) is 35.9 Å². The van der Waals surface area contributed by atoms with Crippen LogP contribution in [0.5, 0.6) is 0 Å². The van der Waals surface area contributed by atoms with Crippen LogP contribution in [-0.2, 0) is 10.1 Å². The van der Waals surface area contributed by atoms with E-state index in [0.717, 1.165) is 0 Å². The molecule has 0 saturated heterocycles. The average Bonchev–Trinajstić information content (AvgIpc) is 2.26. The third-order valence-electron chi connectivity index (χ3n) is 2.51. The van der Waals surface area contributed by atoms with E-state index in [0.29, 0.717) is 5.39 Å². The highest BCUT2D eigenvalue weighted by atomic mass is 32.2. The van der Waals surface area contributed by atoms with Crippen LogP contribution in [0.3, 0.4) is 0 Å². The number of carboxylic acids is 1. The van der Waals surface area contributed by atoms with E-state index in [1.165, 1.54) is 30.3 Å². The molecule has 0 spiro atoms. The smallest absolute Gasteiger partial charge is 0.335 e. The van der Waals surface area contributed by atoms with E-state index in [1.807, 2.05) is 0 Å². The molecule has 0 amide bonds. The Labute approximate surface area is 102 Å². The summed E-state index contributed by atoms with van der Waals surface area (Å²) in [5, 5.41) is 9.39. The standard InChI is InChI=1S/C11H9NO5S/c12-9-4-2-6-5-7(11(13)14)1-3-8(6)10(9)18(15,16)17/h1-5H,12H2,(H,13,14)(H,15,16,17). The summed E-state index contributed by atoms with van der Waals surface area (Å²) < 4.78 is 31.6. The molecule has 2 rings (SSSR count). The molecule has 18 heavy (non-hydrogen) atoms. The minimum atomic E-state index is -4.47. The SMILES string of the molecule is Nc1ccc2cc(C(=O)O)ccc2c1S(=O)(=O)O. The maximum absolute atomic E-state index is 11.2. The Morgan fingerprint density at radius 1 is 1.17 bits per heavy atom. The van der Waals surface area contributed by atoms with Crippen molar-refractivity contribution in [1.82, 2.24) is 0 Å². The van der Waals surface area contributed by atoms with Crippen LogP contribution in [0.2, 0.25) is 0 Å². The molecular formula is C11H9NO5S. The molecular weight excluding hydrogens is 258 g/mol. The minimum Gasteiger partial charge on any atom is -0.478 e. The van der Waals surface area contributed by atoms with Crippen LogP contribution in [0, 0.1) is 0 Å². The highest BCUT2D eigenvalue weighted by Gasteiger charge is 2.18. The van der Waals surface area contributed by atoms with Crippen LogP contribution in [0.4, 0.5) is 5.69 Å². The van der Waals surface area contributed by atoms with Crippen molar-refractivity contribution in [2.75, 3.05) is 5.73 Å². The number of fused-ring (bicyclic) bond motifs is 1. The molecule has 0 aliphatic rings. The zero-order valence-corrected chi connectivity index (χ0v) is 9.81. The summed E-state index contributed by atoms with van der Waals surface area (Å²) in [6.45, 7) is 0. The lowest BCUT2D eigenvalue weighted by Gasteiger charge is -2.07. The highest BCUT2D eigenvalue weighted by Crippen LogP contribution is 2.29. The largest absolute Gasteiger partial charge is 0.478 e. The second kappa shape index (κ2) is 3.97. The van der Waals surface area contributed by atoms with Gasteiger partial charge in [-0.15, -0.1) is 0 Å².